The van der Waals surface area contributed by atoms with Gasteiger partial charge in [0, 0.05) is 32.7 Å². The average molecular weight is 449 g/mol. The zero-order valence-corrected chi connectivity index (χ0v) is 19.6. The van der Waals surface area contributed by atoms with E-state index >= 15 is 0 Å². The van der Waals surface area contributed by atoms with Crippen LogP contribution in [0.3, 0.4) is 0 Å². The predicted molar refractivity (Wildman–Crippen MR) is 127 cm³/mol. The summed E-state index contributed by atoms with van der Waals surface area (Å²) in [5, 5.41) is 11.9. The highest BCUT2D eigenvalue weighted by molar-refractivity contribution is 5.99. The monoisotopic (exact) mass is 448 g/mol. The molecule has 1 fully saturated rings. The third-order valence-electron chi connectivity index (χ3n) is 5.96. The average Bonchev–Trinajstić information content (AvgIpc) is 3.07. The van der Waals surface area contributed by atoms with Gasteiger partial charge in [-0.2, -0.15) is 5.26 Å². The largest absolute Gasteiger partial charge is 0.496 e. The first-order valence-corrected chi connectivity index (χ1v) is 11.4. The van der Waals surface area contributed by atoms with Crippen LogP contribution in [-0.4, -0.2) is 60.9 Å². The summed E-state index contributed by atoms with van der Waals surface area (Å²) < 4.78 is 5.30. The molecule has 1 aliphatic heterocycles. The van der Waals surface area contributed by atoms with Gasteiger partial charge in [0.05, 0.1) is 24.3 Å². The van der Waals surface area contributed by atoms with Crippen molar-refractivity contribution in [3.63, 3.8) is 0 Å². The second-order valence-corrected chi connectivity index (χ2v) is 8.66. The van der Waals surface area contributed by atoms with Crippen LogP contribution in [0.25, 0.3) is 0 Å². The van der Waals surface area contributed by atoms with Crippen LogP contribution in [0.5, 0.6) is 5.75 Å². The second kappa shape index (κ2) is 11.5. The van der Waals surface area contributed by atoms with Crippen LogP contribution in [0.4, 0.5) is 0 Å². The Bertz CT molecular complexity index is 997. The molecule has 7 heteroatoms. The smallest absolute Gasteiger partial charge is 0.255 e. The van der Waals surface area contributed by atoms with Crippen molar-refractivity contribution in [1.29, 1.82) is 5.26 Å². The number of nitriles is 1. The minimum atomic E-state index is -0.604. The number of hydrogen-bond acceptors (Lipinski definition) is 5. The molecule has 2 aromatic carbocycles. The second-order valence-electron chi connectivity index (χ2n) is 8.66. The van der Waals surface area contributed by atoms with Crippen molar-refractivity contribution in [1.82, 2.24) is 15.1 Å². The van der Waals surface area contributed by atoms with Gasteiger partial charge in [-0.1, -0.05) is 38.1 Å². The van der Waals surface area contributed by atoms with Gasteiger partial charge in [-0.3, -0.25) is 14.5 Å². The Morgan fingerprint density at radius 3 is 2.45 bits per heavy atom. The van der Waals surface area contributed by atoms with Gasteiger partial charge in [0.15, 0.2) is 0 Å². The molecule has 0 aromatic heterocycles. The highest BCUT2D eigenvalue weighted by Crippen LogP contribution is 2.19. The van der Waals surface area contributed by atoms with Gasteiger partial charge in [-0.05, 0) is 42.2 Å². The number of hydrogen-bond donors (Lipinski definition) is 1. The van der Waals surface area contributed by atoms with E-state index < -0.39 is 6.04 Å². The lowest BCUT2D eigenvalue weighted by Gasteiger charge is -2.29. The van der Waals surface area contributed by atoms with E-state index in [1.807, 2.05) is 49.1 Å². The van der Waals surface area contributed by atoms with Crippen LogP contribution in [0.1, 0.15) is 41.8 Å². The van der Waals surface area contributed by atoms with Crippen molar-refractivity contribution in [2.45, 2.75) is 32.9 Å². The first-order chi connectivity index (χ1) is 15.9. The van der Waals surface area contributed by atoms with E-state index in [-0.39, 0.29) is 17.7 Å². The Morgan fingerprint density at radius 1 is 1.06 bits per heavy atom. The summed E-state index contributed by atoms with van der Waals surface area (Å²) in [6.07, 6.45) is 0.868. The summed E-state index contributed by atoms with van der Waals surface area (Å²) in [6.45, 7) is 7.60. The molecule has 1 aliphatic rings. The molecule has 3 rings (SSSR count). The van der Waals surface area contributed by atoms with Crippen molar-refractivity contribution in [2.75, 3.05) is 33.3 Å². The number of carbonyl (C=O) groups excluding carboxylic acids is 2. The van der Waals surface area contributed by atoms with Crippen LogP contribution in [0, 0.1) is 17.2 Å². The van der Waals surface area contributed by atoms with Crippen LogP contribution >= 0.6 is 0 Å². The van der Waals surface area contributed by atoms with E-state index in [4.69, 9.17) is 10.00 Å². The normalized spacial score (nSPS) is 15.4. The fourth-order valence-corrected chi connectivity index (χ4v) is 4.05. The summed E-state index contributed by atoms with van der Waals surface area (Å²) in [6, 6.07) is 16.2. The lowest BCUT2D eigenvalue weighted by molar-refractivity contribution is -0.134. The van der Waals surface area contributed by atoms with E-state index in [1.54, 1.807) is 18.2 Å². The first kappa shape index (κ1) is 24.3. The third-order valence-corrected chi connectivity index (χ3v) is 5.96. The number of para-hydroxylation sites is 1. The Kier molecular flexibility index (Phi) is 8.45. The molecule has 174 valence electrons. The molecule has 1 unspecified atom stereocenters. The summed E-state index contributed by atoms with van der Waals surface area (Å²) in [7, 11) is 1.53. The number of benzene rings is 2. The van der Waals surface area contributed by atoms with E-state index in [0.29, 0.717) is 30.0 Å². The Balaban J connectivity index is 1.62. The molecule has 2 amide bonds. The molecule has 1 N–H and O–H groups in total. The fourth-order valence-electron chi connectivity index (χ4n) is 4.05. The topological polar surface area (TPSA) is 85.7 Å². The Labute approximate surface area is 195 Å². The van der Waals surface area contributed by atoms with Crippen molar-refractivity contribution < 1.29 is 14.3 Å². The van der Waals surface area contributed by atoms with Crippen LogP contribution < -0.4 is 10.1 Å². The summed E-state index contributed by atoms with van der Waals surface area (Å²) >= 11 is 0. The van der Waals surface area contributed by atoms with Gasteiger partial charge in [0.1, 0.15) is 11.8 Å². The number of nitrogens with zero attached hydrogens (tertiary/aromatic N) is 3. The van der Waals surface area contributed by atoms with Crippen LogP contribution in [0.15, 0.2) is 48.5 Å². The maximum Gasteiger partial charge on any atom is 0.255 e. The number of amides is 2. The molecule has 7 nitrogen and oxygen atoms in total. The molecule has 0 spiro atoms. The van der Waals surface area contributed by atoms with Crippen molar-refractivity contribution in [3.8, 4) is 11.8 Å². The molecule has 0 radical (unpaired) electrons. The number of rotatable bonds is 7. The van der Waals surface area contributed by atoms with Gasteiger partial charge in [-0.15, -0.1) is 0 Å². The van der Waals surface area contributed by atoms with E-state index in [1.165, 1.54) is 7.11 Å². The molecule has 1 atom stereocenters. The number of ether oxygens (including phenoxy) is 1. The zero-order chi connectivity index (χ0) is 23.8. The standard InChI is InChI=1S/C26H32N4O3/c1-19(2)24(28-25(31)22-7-4-5-8-23(22)33-3)26(32)30-14-6-13-29(15-16-30)18-21-11-9-20(17-27)10-12-21/h4-5,7-12,19,24H,6,13-16,18H2,1-3H3,(H,28,31). The molecule has 33 heavy (non-hydrogen) atoms. The summed E-state index contributed by atoms with van der Waals surface area (Å²) in [5.41, 5.74) is 2.22. The number of carbonyl (C=O) groups is 2. The maximum atomic E-state index is 13.4. The van der Waals surface area contributed by atoms with E-state index in [2.05, 4.69) is 16.3 Å². The van der Waals surface area contributed by atoms with Gasteiger partial charge in [0.2, 0.25) is 5.91 Å². The molecule has 0 saturated carbocycles. The van der Waals surface area contributed by atoms with Gasteiger partial charge in [-0.25, -0.2) is 0 Å². The highest BCUT2D eigenvalue weighted by Gasteiger charge is 2.30. The fraction of sp³-hybridized carbons (Fsp3) is 0.423. The van der Waals surface area contributed by atoms with E-state index in [0.717, 1.165) is 31.6 Å². The molecule has 1 heterocycles. The summed E-state index contributed by atoms with van der Waals surface area (Å²) in [5.74, 6) is 0.0811. The van der Waals surface area contributed by atoms with Gasteiger partial charge < -0.3 is 15.0 Å². The Hall–Kier alpha value is -3.37. The lowest BCUT2D eigenvalue weighted by Crippen LogP contribution is -2.52. The van der Waals surface area contributed by atoms with Crippen LogP contribution in [-0.2, 0) is 11.3 Å². The number of methoxy groups -OCH3 is 1. The number of nitrogens with one attached hydrogen (secondary N) is 1. The first-order valence-electron chi connectivity index (χ1n) is 11.4. The highest BCUT2D eigenvalue weighted by atomic mass is 16.5. The van der Waals surface area contributed by atoms with Crippen LogP contribution in [0.2, 0.25) is 0 Å². The predicted octanol–water partition coefficient (Wildman–Crippen LogP) is 3.06. The molecule has 0 aliphatic carbocycles. The van der Waals surface area contributed by atoms with Crippen molar-refractivity contribution in [2.24, 2.45) is 5.92 Å². The molecule has 0 bridgehead atoms. The molecule has 2 aromatic rings. The minimum Gasteiger partial charge on any atom is -0.496 e. The van der Waals surface area contributed by atoms with Crippen molar-refractivity contribution >= 4 is 11.8 Å². The molecular formula is C26H32N4O3. The zero-order valence-electron chi connectivity index (χ0n) is 19.6. The minimum absolute atomic E-state index is 0.0471. The third kappa shape index (κ3) is 6.33. The Morgan fingerprint density at radius 2 is 1.79 bits per heavy atom. The quantitative estimate of drug-likeness (QED) is 0.704. The van der Waals surface area contributed by atoms with Gasteiger partial charge in [0.25, 0.3) is 5.91 Å². The van der Waals surface area contributed by atoms with Crippen molar-refractivity contribution in [3.05, 3.63) is 65.2 Å². The van der Waals surface area contributed by atoms with E-state index in [9.17, 15) is 9.59 Å². The SMILES string of the molecule is COc1ccccc1C(=O)NC(C(=O)N1CCCN(Cc2ccc(C#N)cc2)CC1)C(C)C. The van der Waals surface area contributed by atoms with Gasteiger partial charge >= 0.3 is 0 Å². The summed E-state index contributed by atoms with van der Waals surface area (Å²) in [4.78, 5) is 30.5. The maximum absolute atomic E-state index is 13.4. The molecule has 1 saturated heterocycles. The lowest BCUT2D eigenvalue weighted by atomic mass is 10.0. The molecular weight excluding hydrogens is 416 g/mol.